The van der Waals surface area contributed by atoms with Gasteiger partial charge in [-0.25, -0.2) is 0 Å². The molecule has 1 saturated heterocycles. The number of rotatable bonds is 8. The van der Waals surface area contributed by atoms with Crippen LogP contribution in [0.25, 0.3) is 6.08 Å². The molecule has 0 spiro atoms. The lowest BCUT2D eigenvalue weighted by molar-refractivity contribution is -0.111. The van der Waals surface area contributed by atoms with E-state index in [9.17, 15) is 14.4 Å². The Hall–Kier alpha value is -4.39. The zero-order chi connectivity index (χ0) is 28.9. The van der Waals surface area contributed by atoms with Crippen molar-refractivity contribution in [2.45, 2.75) is 51.0 Å². The number of hydrogen-bond donors (Lipinski definition) is 2. The summed E-state index contributed by atoms with van der Waals surface area (Å²) in [6.07, 6.45) is 12.3. The van der Waals surface area contributed by atoms with E-state index in [4.69, 9.17) is 0 Å². The van der Waals surface area contributed by atoms with Crippen LogP contribution in [0, 0.1) is 5.92 Å². The summed E-state index contributed by atoms with van der Waals surface area (Å²) in [6.45, 7) is 2.81. The molecule has 2 aliphatic heterocycles. The number of fused-ring (bicyclic) bond motifs is 4. The first-order chi connectivity index (χ1) is 20.5. The molecule has 216 valence electrons. The molecule has 2 N–H and O–H groups in total. The van der Waals surface area contributed by atoms with Crippen molar-refractivity contribution in [3.8, 4) is 0 Å². The highest BCUT2D eigenvalue weighted by atomic mass is 16.2. The summed E-state index contributed by atoms with van der Waals surface area (Å²) >= 11 is 0. The van der Waals surface area contributed by atoms with Crippen LogP contribution in [0.5, 0.6) is 0 Å². The Labute approximate surface area is 246 Å². The standard InChI is InChI=1S/C35H38N4O3/c40-33(17-14-25-8-3-1-4-9-25)37-30-21-28(35(42)36-19-18-26-10-5-2-6-11-26)15-16-32(30)38-22-27-20-29(24-38)31-12-7-13-34(41)39(31)23-27/h1,3-4,7-10,12-17,21,27,29H,2,5-6,11,18-20,22-24H2,(H,36,42)(H,37,40)/b17-14+. The van der Waals surface area contributed by atoms with Crippen molar-refractivity contribution in [2.24, 2.45) is 5.92 Å². The van der Waals surface area contributed by atoms with Crippen LogP contribution in [0.15, 0.2) is 89.2 Å². The third-order valence-electron chi connectivity index (χ3n) is 8.68. The van der Waals surface area contributed by atoms with Crippen molar-refractivity contribution in [2.75, 3.05) is 29.9 Å². The molecule has 2 unspecified atom stereocenters. The maximum Gasteiger partial charge on any atom is 0.251 e. The molecule has 7 nitrogen and oxygen atoms in total. The number of aromatic nitrogens is 1. The predicted octanol–water partition coefficient (Wildman–Crippen LogP) is 5.74. The third kappa shape index (κ3) is 6.40. The van der Waals surface area contributed by atoms with E-state index in [-0.39, 0.29) is 23.3 Å². The van der Waals surface area contributed by atoms with Gasteiger partial charge in [-0.3, -0.25) is 14.4 Å². The quantitative estimate of drug-likeness (QED) is 0.271. The van der Waals surface area contributed by atoms with E-state index in [1.807, 2.05) is 53.1 Å². The number of pyridine rings is 1. The van der Waals surface area contributed by atoms with Gasteiger partial charge in [-0.1, -0.05) is 48.0 Å². The summed E-state index contributed by atoms with van der Waals surface area (Å²) in [4.78, 5) is 41.0. The molecule has 1 aromatic heterocycles. The highest BCUT2D eigenvalue weighted by molar-refractivity contribution is 6.05. The Bertz CT molecular complexity index is 1570. The van der Waals surface area contributed by atoms with E-state index in [2.05, 4.69) is 27.7 Å². The fraction of sp³-hybridized carbons (Fsp3) is 0.343. The maximum atomic E-state index is 13.1. The monoisotopic (exact) mass is 562 g/mol. The van der Waals surface area contributed by atoms with E-state index < -0.39 is 0 Å². The fourth-order valence-corrected chi connectivity index (χ4v) is 6.63. The minimum atomic E-state index is -0.254. The molecule has 2 aromatic carbocycles. The average molecular weight is 563 g/mol. The predicted molar refractivity (Wildman–Crippen MR) is 168 cm³/mol. The minimum absolute atomic E-state index is 0.0592. The minimum Gasteiger partial charge on any atom is -0.369 e. The summed E-state index contributed by atoms with van der Waals surface area (Å²) < 4.78 is 1.92. The second-order valence-electron chi connectivity index (χ2n) is 11.7. The molecule has 2 atom stereocenters. The molecule has 42 heavy (non-hydrogen) atoms. The zero-order valence-corrected chi connectivity index (χ0v) is 23.9. The number of benzene rings is 2. The highest BCUT2D eigenvalue weighted by Gasteiger charge is 2.35. The van der Waals surface area contributed by atoms with Gasteiger partial charge < -0.3 is 20.1 Å². The van der Waals surface area contributed by atoms with Gasteiger partial charge in [-0.2, -0.15) is 0 Å². The second kappa shape index (κ2) is 12.6. The molecule has 3 aliphatic rings. The van der Waals surface area contributed by atoms with Crippen LogP contribution in [0.1, 0.15) is 66.1 Å². The van der Waals surface area contributed by atoms with Crippen molar-refractivity contribution >= 4 is 29.3 Å². The first-order valence-electron chi connectivity index (χ1n) is 15.1. The van der Waals surface area contributed by atoms with Gasteiger partial charge in [0.15, 0.2) is 0 Å². The van der Waals surface area contributed by atoms with Crippen LogP contribution in [0.2, 0.25) is 0 Å². The number of carbonyl (C=O) groups is 2. The lowest BCUT2D eigenvalue weighted by Crippen LogP contribution is -2.47. The van der Waals surface area contributed by atoms with Gasteiger partial charge in [0.1, 0.15) is 0 Å². The number of nitrogens with zero attached hydrogens (tertiary/aromatic N) is 2. The molecule has 1 fully saturated rings. The van der Waals surface area contributed by atoms with Crippen molar-refractivity contribution in [3.63, 3.8) is 0 Å². The van der Waals surface area contributed by atoms with Crippen molar-refractivity contribution in [3.05, 3.63) is 112 Å². The van der Waals surface area contributed by atoms with E-state index in [0.717, 1.165) is 55.7 Å². The summed E-state index contributed by atoms with van der Waals surface area (Å²) in [5.74, 6) is 0.160. The van der Waals surface area contributed by atoms with Crippen molar-refractivity contribution in [1.29, 1.82) is 0 Å². The van der Waals surface area contributed by atoms with Crippen LogP contribution in [0.4, 0.5) is 11.4 Å². The van der Waals surface area contributed by atoms with Crippen LogP contribution < -0.4 is 21.1 Å². The van der Waals surface area contributed by atoms with Crippen LogP contribution in [0.3, 0.4) is 0 Å². The Balaban J connectivity index is 1.23. The smallest absolute Gasteiger partial charge is 0.251 e. The van der Waals surface area contributed by atoms with Gasteiger partial charge in [-0.15, -0.1) is 0 Å². The summed E-state index contributed by atoms with van der Waals surface area (Å²) in [5.41, 5.74) is 5.52. The first-order valence-corrected chi connectivity index (χ1v) is 15.1. The molecular weight excluding hydrogens is 524 g/mol. The Morgan fingerprint density at radius 3 is 2.67 bits per heavy atom. The highest BCUT2D eigenvalue weighted by Crippen LogP contribution is 2.39. The van der Waals surface area contributed by atoms with Gasteiger partial charge in [0.05, 0.1) is 11.4 Å². The molecule has 3 aromatic rings. The molecular formula is C35H38N4O3. The number of amides is 2. The normalized spacial score (nSPS) is 19.6. The molecule has 7 heteroatoms. The van der Waals surface area contributed by atoms with E-state index in [0.29, 0.717) is 30.3 Å². The number of allylic oxidation sites excluding steroid dienone is 1. The second-order valence-corrected chi connectivity index (χ2v) is 11.7. The molecule has 0 saturated carbocycles. The molecule has 0 radical (unpaired) electrons. The van der Waals surface area contributed by atoms with Crippen molar-refractivity contribution in [1.82, 2.24) is 9.88 Å². The average Bonchev–Trinajstić information content (AvgIpc) is 3.01. The van der Waals surface area contributed by atoms with Crippen LogP contribution in [-0.2, 0) is 11.3 Å². The maximum absolute atomic E-state index is 13.1. The Kier molecular flexibility index (Phi) is 8.35. The lowest BCUT2D eigenvalue weighted by Gasteiger charge is -2.44. The van der Waals surface area contributed by atoms with E-state index in [1.54, 1.807) is 18.2 Å². The Morgan fingerprint density at radius 1 is 0.952 bits per heavy atom. The summed E-state index contributed by atoms with van der Waals surface area (Å²) in [6, 6.07) is 20.8. The zero-order valence-electron chi connectivity index (χ0n) is 23.9. The van der Waals surface area contributed by atoms with Crippen LogP contribution >= 0.6 is 0 Å². The fourth-order valence-electron chi connectivity index (χ4n) is 6.63. The first kappa shape index (κ1) is 27.8. The number of anilines is 2. The summed E-state index contributed by atoms with van der Waals surface area (Å²) in [7, 11) is 0. The molecule has 6 rings (SSSR count). The van der Waals surface area contributed by atoms with Crippen molar-refractivity contribution < 1.29 is 9.59 Å². The van der Waals surface area contributed by atoms with Gasteiger partial charge >= 0.3 is 0 Å². The lowest BCUT2D eigenvalue weighted by atomic mass is 9.83. The van der Waals surface area contributed by atoms with E-state index in [1.165, 1.54) is 24.5 Å². The third-order valence-corrected chi connectivity index (χ3v) is 8.68. The Morgan fingerprint density at radius 2 is 1.83 bits per heavy atom. The van der Waals surface area contributed by atoms with Gasteiger partial charge in [-0.05, 0) is 80.3 Å². The van der Waals surface area contributed by atoms with Gasteiger partial charge in [0, 0.05) is 55.5 Å². The molecule has 2 bridgehead atoms. The largest absolute Gasteiger partial charge is 0.369 e. The number of hydrogen-bond acceptors (Lipinski definition) is 4. The molecule has 3 heterocycles. The summed E-state index contributed by atoms with van der Waals surface area (Å²) in [5, 5.41) is 6.13. The van der Waals surface area contributed by atoms with Gasteiger partial charge in [0.2, 0.25) is 5.91 Å². The van der Waals surface area contributed by atoms with Crippen LogP contribution in [-0.4, -0.2) is 36.0 Å². The SMILES string of the molecule is O=C(/C=C/c1ccccc1)Nc1cc(C(=O)NCCC2=CCCCC2)ccc1N1CC2CC(C1)c1cccc(=O)n1C2. The topological polar surface area (TPSA) is 83.4 Å². The number of nitrogens with one attached hydrogen (secondary N) is 2. The van der Waals surface area contributed by atoms with E-state index >= 15 is 0 Å². The van der Waals surface area contributed by atoms with Gasteiger partial charge in [0.25, 0.3) is 11.5 Å². The molecule has 2 amide bonds. The number of piperidine rings is 1. The molecule has 1 aliphatic carbocycles. The number of carbonyl (C=O) groups excluding carboxylic acids is 2.